The molecule has 0 N–H and O–H groups in total. The van der Waals surface area contributed by atoms with Gasteiger partial charge in [0.1, 0.15) is 0 Å². The van der Waals surface area contributed by atoms with Crippen LogP contribution in [0.2, 0.25) is 0 Å². The molecule has 1 aliphatic carbocycles. The molecule has 20 heavy (non-hydrogen) atoms. The van der Waals surface area contributed by atoms with E-state index in [1.807, 2.05) is 0 Å². The molecule has 1 saturated carbocycles. The van der Waals surface area contributed by atoms with Gasteiger partial charge < -0.3 is 9.64 Å². The van der Waals surface area contributed by atoms with Gasteiger partial charge in [-0.3, -0.25) is 4.90 Å². The summed E-state index contributed by atoms with van der Waals surface area (Å²) in [4.78, 5) is 9.73. The summed E-state index contributed by atoms with van der Waals surface area (Å²) >= 11 is 1.80. The highest BCUT2D eigenvalue weighted by Crippen LogP contribution is 2.39. The third-order valence-corrected chi connectivity index (χ3v) is 6.00. The SMILES string of the molecule is CN(c1nc(CN2CC[C@@]3(CCOC3)C2)cs1)C1CC1. The highest BCUT2D eigenvalue weighted by molar-refractivity contribution is 7.13. The van der Waals surface area contributed by atoms with E-state index in [9.17, 15) is 0 Å². The maximum atomic E-state index is 5.60. The maximum absolute atomic E-state index is 5.60. The topological polar surface area (TPSA) is 28.6 Å². The number of ether oxygens (including phenoxy) is 1. The summed E-state index contributed by atoms with van der Waals surface area (Å²) < 4.78 is 5.60. The zero-order valence-corrected chi connectivity index (χ0v) is 13.0. The van der Waals surface area contributed by atoms with Crippen molar-refractivity contribution in [2.75, 3.05) is 38.3 Å². The Kier molecular flexibility index (Phi) is 3.24. The van der Waals surface area contributed by atoms with Crippen LogP contribution >= 0.6 is 11.3 Å². The van der Waals surface area contributed by atoms with Gasteiger partial charge in [0.15, 0.2) is 5.13 Å². The molecule has 110 valence electrons. The standard InChI is InChI=1S/C15H23N3OS/c1-17(13-2-3-13)14-16-12(9-20-14)8-18-6-4-15(10-18)5-7-19-11-15/h9,13H,2-8,10-11H2,1H3/t15-/m1/s1. The van der Waals surface area contributed by atoms with E-state index in [1.54, 1.807) is 11.3 Å². The summed E-state index contributed by atoms with van der Waals surface area (Å²) in [7, 11) is 2.18. The summed E-state index contributed by atoms with van der Waals surface area (Å²) in [5.41, 5.74) is 1.71. The van der Waals surface area contributed by atoms with E-state index in [4.69, 9.17) is 9.72 Å². The molecule has 4 nitrogen and oxygen atoms in total. The molecule has 1 spiro atoms. The molecule has 1 aromatic heterocycles. The molecule has 1 atom stereocenters. The van der Waals surface area contributed by atoms with E-state index in [2.05, 4.69) is 22.2 Å². The first-order valence-electron chi connectivity index (χ1n) is 7.72. The van der Waals surface area contributed by atoms with Gasteiger partial charge in [0.2, 0.25) is 0 Å². The Morgan fingerprint density at radius 3 is 3.15 bits per heavy atom. The summed E-state index contributed by atoms with van der Waals surface area (Å²) in [6.45, 7) is 5.33. The van der Waals surface area contributed by atoms with Crippen LogP contribution in [0.25, 0.3) is 0 Å². The lowest BCUT2D eigenvalue weighted by atomic mass is 9.87. The number of anilines is 1. The molecule has 1 aromatic rings. The monoisotopic (exact) mass is 293 g/mol. The zero-order valence-electron chi connectivity index (χ0n) is 12.2. The van der Waals surface area contributed by atoms with Gasteiger partial charge in [-0.25, -0.2) is 4.98 Å². The van der Waals surface area contributed by atoms with Crippen molar-refractivity contribution < 1.29 is 4.74 Å². The molecule has 0 unspecified atom stereocenters. The lowest BCUT2D eigenvalue weighted by molar-refractivity contribution is 0.151. The zero-order chi connectivity index (χ0) is 13.6. The molecular formula is C15H23N3OS. The van der Waals surface area contributed by atoms with Crippen molar-refractivity contribution in [3.8, 4) is 0 Å². The molecule has 3 aliphatic rings. The quantitative estimate of drug-likeness (QED) is 0.852. The largest absolute Gasteiger partial charge is 0.381 e. The Bertz CT molecular complexity index is 479. The van der Waals surface area contributed by atoms with Crippen LogP contribution in [0, 0.1) is 5.41 Å². The fourth-order valence-electron chi connectivity index (χ4n) is 3.51. The lowest BCUT2D eigenvalue weighted by Crippen LogP contribution is -2.27. The Hall–Kier alpha value is -0.650. The summed E-state index contributed by atoms with van der Waals surface area (Å²) in [5.74, 6) is 0. The molecule has 0 radical (unpaired) electrons. The van der Waals surface area contributed by atoms with E-state index < -0.39 is 0 Å². The first-order chi connectivity index (χ1) is 9.74. The minimum Gasteiger partial charge on any atom is -0.381 e. The van der Waals surface area contributed by atoms with Crippen molar-refractivity contribution in [2.45, 2.75) is 38.3 Å². The van der Waals surface area contributed by atoms with E-state index in [0.717, 1.165) is 25.8 Å². The predicted molar refractivity (Wildman–Crippen MR) is 81.3 cm³/mol. The van der Waals surface area contributed by atoms with Gasteiger partial charge in [-0.1, -0.05) is 0 Å². The molecule has 0 aromatic carbocycles. The van der Waals surface area contributed by atoms with Gasteiger partial charge in [-0.05, 0) is 32.2 Å². The summed E-state index contributed by atoms with van der Waals surface area (Å²) in [6.07, 6.45) is 5.21. The van der Waals surface area contributed by atoms with E-state index in [0.29, 0.717) is 5.41 Å². The number of hydrogen-bond donors (Lipinski definition) is 0. The van der Waals surface area contributed by atoms with Crippen LogP contribution in [0.4, 0.5) is 5.13 Å². The van der Waals surface area contributed by atoms with Crippen molar-refractivity contribution in [2.24, 2.45) is 5.41 Å². The van der Waals surface area contributed by atoms with Crippen LogP contribution in [0.3, 0.4) is 0 Å². The average molecular weight is 293 g/mol. The number of likely N-dealkylation sites (tertiary alicyclic amines) is 1. The van der Waals surface area contributed by atoms with Gasteiger partial charge in [0.25, 0.3) is 0 Å². The van der Waals surface area contributed by atoms with Crippen molar-refractivity contribution in [1.82, 2.24) is 9.88 Å². The fraction of sp³-hybridized carbons (Fsp3) is 0.800. The summed E-state index contributed by atoms with van der Waals surface area (Å²) in [5, 5.41) is 3.44. The van der Waals surface area contributed by atoms with E-state index in [1.165, 1.54) is 49.6 Å². The number of aromatic nitrogens is 1. The van der Waals surface area contributed by atoms with Gasteiger partial charge in [-0.15, -0.1) is 11.3 Å². The van der Waals surface area contributed by atoms with Gasteiger partial charge in [0, 0.05) is 43.6 Å². The Balaban J connectivity index is 1.37. The molecule has 3 fully saturated rings. The minimum absolute atomic E-state index is 0.462. The van der Waals surface area contributed by atoms with Gasteiger partial charge >= 0.3 is 0 Å². The van der Waals surface area contributed by atoms with Crippen LogP contribution < -0.4 is 4.90 Å². The Labute approximate surface area is 124 Å². The highest BCUT2D eigenvalue weighted by atomic mass is 32.1. The first-order valence-corrected chi connectivity index (χ1v) is 8.59. The summed E-state index contributed by atoms with van der Waals surface area (Å²) in [6, 6.07) is 0.750. The van der Waals surface area contributed by atoms with Crippen LogP contribution in [0.15, 0.2) is 5.38 Å². The molecule has 2 saturated heterocycles. The third kappa shape index (κ3) is 2.47. The van der Waals surface area contributed by atoms with E-state index >= 15 is 0 Å². The second kappa shape index (κ2) is 4.97. The fourth-order valence-corrected chi connectivity index (χ4v) is 4.37. The molecule has 0 bridgehead atoms. The minimum atomic E-state index is 0.462. The van der Waals surface area contributed by atoms with Crippen molar-refractivity contribution in [3.63, 3.8) is 0 Å². The number of nitrogens with zero attached hydrogens (tertiary/aromatic N) is 3. The number of rotatable bonds is 4. The maximum Gasteiger partial charge on any atom is 0.185 e. The van der Waals surface area contributed by atoms with Crippen molar-refractivity contribution in [1.29, 1.82) is 0 Å². The van der Waals surface area contributed by atoms with Crippen LogP contribution in [-0.2, 0) is 11.3 Å². The van der Waals surface area contributed by atoms with Crippen LogP contribution in [0.5, 0.6) is 0 Å². The molecule has 3 heterocycles. The van der Waals surface area contributed by atoms with E-state index in [-0.39, 0.29) is 0 Å². The Morgan fingerprint density at radius 2 is 2.40 bits per heavy atom. The smallest absolute Gasteiger partial charge is 0.185 e. The molecular weight excluding hydrogens is 270 g/mol. The average Bonchev–Trinajstić information content (AvgIpc) is 2.87. The number of thiazole rings is 1. The van der Waals surface area contributed by atoms with Gasteiger partial charge in [-0.2, -0.15) is 0 Å². The second-order valence-electron chi connectivity index (χ2n) is 6.73. The molecule has 5 heteroatoms. The van der Waals surface area contributed by atoms with Crippen molar-refractivity contribution >= 4 is 16.5 Å². The Morgan fingerprint density at radius 1 is 1.50 bits per heavy atom. The highest BCUT2D eigenvalue weighted by Gasteiger charge is 2.41. The predicted octanol–water partition coefficient (Wildman–Crippen LogP) is 2.35. The van der Waals surface area contributed by atoms with Crippen LogP contribution in [0.1, 0.15) is 31.4 Å². The first kappa shape index (κ1) is 13.0. The number of hydrogen-bond acceptors (Lipinski definition) is 5. The van der Waals surface area contributed by atoms with Crippen LogP contribution in [-0.4, -0.2) is 49.3 Å². The third-order valence-electron chi connectivity index (χ3n) is 5.02. The second-order valence-corrected chi connectivity index (χ2v) is 7.56. The van der Waals surface area contributed by atoms with Crippen molar-refractivity contribution in [3.05, 3.63) is 11.1 Å². The lowest BCUT2D eigenvalue weighted by Gasteiger charge is -2.21. The molecule has 4 rings (SSSR count). The molecule has 2 aliphatic heterocycles. The molecule has 0 amide bonds. The normalized spacial score (nSPS) is 30.4. The van der Waals surface area contributed by atoms with Gasteiger partial charge in [0.05, 0.1) is 12.3 Å².